The number of pyridine rings is 1. The first-order valence-electron chi connectivity index (χ1n) is 12.4. The minimum Gasteiger partial charge on any atom is -0.457 e. The third-order valence-electron chi connectivity index (χ3n) is 5.62. The molecule has 0 radical (unpaired) electrons. The van der Waals surface area contributed by atoms with Crippen molar-refractivity contribution < 1.29 is 19.1 Å². The summed E-state index contributed by atoms with van der Waals surface area (Å²) < 4.78 is 12.4. The number of nitrogens with zero attached hydrogens (tertiary/aromatic N) is 3. The van der Waals surface area contributed by atoms with E-state index >= 15 is 0 Å². The zero-order chi connectivity index (χ0) is 28.0. The van der Waals surface area contributed by atoms with Crippen LogP contribution in [0.3, 0.4) is 0 Å². The molecule has 2 aromatic heterocycles. The second-order valence-corrected chi connectivity index (χ2v) is 9.98. The fraction of sp³-hybridized carbons (Fsp3) is 0.241. The number of aromatic nitrogens is 3. The highest BCUT2D eigenvalue weighted by Crippen LogP contribution is 2.27. The number of carbonyl (C=O) groups is 2. The zero-order valence-electron chi connectivity index (χ0n) is 22.6. The predicted octanol–water partition coefficient (Wildman–Crippen LogP) is 5.89. The first kappa shape index (κ1) is 27.3. The average Bonchev–Trinajstić information content (AvgIpc) is 3.30. The van der Waals surface area contributed by atoms with Crippen LogP contribution < -0.4 is 20.7 Å². The highest BCUT2D eigenvalue weighted by Gasteiger charge is 2.21. The van der Waals surface area contributed by atoms with E-state index < -0.39 is 6.03 Å². The van der Waals surface area contributed by atoms with Crippen LogP contribution in [0.1, 0.15) is 32.0 Å². The maximum Gasteiger partial charge on any atom is 0.324 e. The van der Waals surface area contributed by atoms with Gasteiger partial charge < -0.3 is 20.1 Å². The number of urea groups is 1. The van der Waals surface area contributed by atoms with E-state index in [1.54, 1.807) is 41.1 Å². The summed E-state index contributed by atoms with van der Waals surface area (Å²) in [5.74, 6) is 1.65. The minimum atomic E-state index is -0.400. The first-order valence-corrected chi connectivity index (χ1v) is 12.4. The Morgan fingerprint density at radius 1 is 0.897 bits per heavy atom. The summed E-state index contributed by atoms with van der Waals surface area (Å²) in [6.07, 6.45) is 1.53. The van der Waals surface area contributed by atoms with Gasteiger partial charge in [-0.1, -0.05) is 38.5 Å². The molecule has 10 heteroatoms. The van der Waals surface area contributed by atoms with Crippen molar-refractivity contribution in [3.05, 3.63) is 84.2 Å². The summed E-state index contributed by atoms with van der Waals surface area (Å²) in [6.45, 7) is 8.18. The number of amides is 3. The van der Waals surface area contributed by atoms with Gasteiger partial charge in [-0.3, -0.25) is 10.1 Å². The standard InChI is InChI=1S/C29H32N6O4/c1-19-6-10-21(11-7-19)35-26(17-24(34-35)29(2,3)4)33-28(37)31-20-8-12-22(13-9-20)39-23-14-15-30-25(16-23)32-27(36)18-38-5/h6-17H,18H2,1-5H3,(H,30,32,36)(H2,31,33,37). The molecule has 0 bridgehead atoms. The molecule has 202 valence electrons. The fourth-order valence-corrected chi connectivity index (χ4v) is 3.59. The van der Waals surface area contributed by atoms with Crippen LogP contribution in [0.2, 0.25) is 0 Å². The van der Waals surface area contributed by atoms with Crippen LogP contribution >= 0.6 is 0 Å². The third kappa shape index (κ3) is 7.42. The summed E-state index contributed by atoms with van der Waals surface area (Å²) in [4.78, 5) is 28.7. The first-order chi connectivity index (χ1) is 18.6. The highest BCUT2D eigenvalue weighted by molar-refractivity contribution is 5.99. The summed E-state index contributed by atoms with van der Waals surface area (Å²) >= 11 is 0. The van der Waals surface area contributed by atoms with E-state index in [1.165, 1.54) is 13.3 Å². The number of anilines is 3. The number of hydrogen-bond acceptors (Lipinski definition) is 6. The summed E-state index contributed by atoms with van der Waals surface area (Å²) in [5.41, 5.74) is 3.24. The van der Waals surface area contributed by atoms with Gasteiger partial charge in [0.25, 0.3) is 5.91 Å². The van der Waals surface area contributed by atoms with Gasteiger partial charge in [0, 0.05) is 36.5 Å². The molecule has 0 fully saturated rings. The Morgan fingerprint density at radius 3 is 2.28 bits per heavy atom. The molecule has 2 aromatic carbocycles. The van der Waals surface area contributed by atoms with Crippen molar-refractivity contribution in [2.75, 3.05) is 29.7 Å². The molecule has 2 heterocycles. The average molecular weight is 529 g/mol. The summed E-state index contributed by atoms with van der Waals surface area (Å²) in [6, 6.07) is 19.6. The number of methoxy groups -OCH3 is 1. The Labute approximate surface area is 227 Å². The maximum absolute atomic E-state index is 12.9. The molecule has 39 heavy (non-hydrogen) atoms. The molecule has 4 rings (SSSR count). The Balaban J connectivity index is 1.42. The summed E-state index contributed by atoms with van der Waals surface area (Å²) in [7, 11) is 1.44. The van der Waals surface area contributed by atoms with Gasteiger partial charge in [-0.15, -0.1) is 0 Å². The van der Waals surface area contributed by atoms with Crippen LogP contribution in [0, 0.1) is 6.92 Å². The lowest BCUT2D eigenvalue weighted by Crippen LogP contribution is -2.21. The number of nitrogens with one attached hydrogen (secondary N) is 3. The second kappa shape index (κ2) is 11.8. The molecule has 0 saturated carbocycles. The normalized spacial score (nSPS) is 11.1. The van der Waals surface area contributed by atoms with E-state index in [0.717, 1.165) is 16.9 Å². The van der Waals surface area contributed by atoms with Gasteiger partial charge in [0.1, 0.15) is 29.7 Å². The molecule has 3 amide bonds. The van der Waals surface area contributed by atoms with Crippen molar-refractivity contribution in [2.24, 2.45) is 0 Å². The lowest BCUT2D eigenvalue weighted by atomic mass is 9.92. The van der Waals surface area contributed by atoms with Crippen LogP contribution in [0.15, 0.2) is 72.9 Å². The molecule has 3 N–H and O–H groups in total. The third-order valence-corrected chi connectivity index (χ3v) is 5.62. The smallest absolute Gasteiger partial charge is 0.324 e. The molecule has 0 saturated heterocycles. The Morgan fingerprint density at radius 2 is 1.62 bits per heavy atom. The van der Waals surface area contributed by atoms with Gasteiger partial charge in [-0.2, -0.15) is 5.10 Å². The molecule has 0 aliphatic carbocycles. The highest BCUT2D eigenvalue weighted by atomic mass is 16.5. The van der Waals surface area contributed by atoms with E-state index in [9.17, 15) is 9.59 Å². The van der Waals surface area contributed by atoms with Gasteiger partial charge in [-0.25, -0.2) is 14.5 Å². The van der Waals surface area contributed by atoms with Gasteiger partial charge >= 0.3 is 6.03 Å². The Bertz CT molecular complexity index is 1440. The monoisotopic (exact) mass is 528 g/mol. The second-order valence-electron chi connectivity index (χ2n) is 9.98. The SMILES string of the molecule is COCC(=O)Nc1cc(Oc2ccc(NC(=O)Nc3cc(C(C)(C)C)nn3-c3ccc(C)cc3)cc2)ccn1. The molecule has 0 aliphatic rings. The van der Waals surface area contributed by atoms with E-state index in [1.807, 2.05) is 37.3 Å². The zero-order valence-corrected chi connectivity index (χ0v) is 22.6. The lowest BCUT2D eigenvalue weighted by Gasteiger charge is -2.14. The van der Waals surface area contributed by atoms with Crippen molar-refractivity contribution >= 4 is 29.3 Å². The van der Waals surface area contributed by atoms with Crippen molar-refractivity contribution in [1.82, 2.24) is 14.8 Å². The number of ether oxygens (including phenoxy) is 2. The number of hydrogen-bond donors (Lipinski definition) is 3. The van der Waals surface area contributed by atoms with Crippen LogP contribution in [-0.4, -0.2) is 40.4 Å². The van der Waals surface area contributed by atoms with E-state index in [4.69, 9.17) is 14.6 Å². The van der Waals surface area contributed by atoms with Crippen molar-refractivity contribution in [2.45, 2.75) is 33.1 Å². The van der Waals surface area contributed by atoms with Gasteiger partial charge in [-0.05, 0) is 49.4 Å². The van der Waals surface area contributed by atoms with Crippen LogP contribution in [0.5, 0.6) is 11.5 Å². The molecular weight excluding hydrogens is 496 g/mol. The van der Waals surface area contributed by atoms with Crippen molar-refractivity contribution in [1.29, 1.82) is 0 Å². The number of aryl methyl sites for hydroxylation is 1. The van der Waals surface area contributed by atoms with Crippen molar-refractivity contribution in [3.63, 3.8) is 0 Å². The number of benzene rings is 2. The molecule has 0 spiro atoms. The van der Waals surface area contributed by atoms with E-state index in [2.05, 4.69) is 41.7 Å². The predicted molar refractivity (Wildman–Crippen MR) is 151 cm³/mol. The largest absolute Gasteiger partial charge is 0.457 e. The van der Waals surface area contributed by atoms with Crippen LogP contribution in [-0.2, 0) is 14.9 Å². The van der Waals surface area contributed by atoms with E-state index in [0.29, 0.717) is 28.8 Å². The van der Waals surface area contributed by atoms with Gasteiger partial charge in [0.15, 0.2) is 0 Å². The van der Waals surface area contributed by atoms with Crippen LogP contribution in [0.25, 0.3) is 5.69 Å². The molecule has 10 nitrogen and oxygen atoms in total. The Hall–Kier alpha value is -4.70. The van der Waals surface area contributed by atoms with E-state index in [-0.39, 0.29) is 17.9 Å². The lowest BCUT2D eigenvalue weighted by molar-refractivity contribution is -0.119. The fourth-order valence-electron chi connectivity index (χ4n) is 3.59. The van der Waals surface area contributed by atoms with Crippen LogP contribution in [0.4, 0.5) is 22.1 Å². The molecule has 0 atom stereocenters. The maximum atomic E-state index is 12.9. The summed E-state index contributed by atoms with van der Waals surface area (Å²) in [5, 5.41) is 13.1. The number of carbonyl (C=O) groups excluding carboxylic acids is 2. The molecule has 0 unspecified atom stereocenters. The molecule has 4 aromatic rings. The molecular formula is C29H32N6O4. The minimum absolute atomic E-state index is 0.0686. The Kier molecular flexibility index (Phi) is 8.26. The molecule has 0 aliphatic heterocycles. The number of rotatable bonds is 8. The quantitative estimate of drug-likeness (QED) is 0.262. The topological polar surface area (TPSA) is 119 Å². The van der Waals surface area contributed by atoms with Gasteiger partial charge in [0.05, 0.1) is 11.4 Å². The van der Waals surface area contributed by atoms with Gasteiger partial charge in [0.2, 0.25) is 0 Å². The van der Waals surface area contributed by atoms with Crippen molar-refractivity contribution in [3.8, 4) is 17.2 Å².